The van der Waals surface area contributed by atoms with Crippen LogP contribution in [0.5, 0.6) is 0 Å². The summed E-state index contributed by atoms with van der Waals surface area (Å²) in [5, 5.41) is 38.5. The third-order valence-corrected chi connectivity index (χ3v) is 9.32. The molecule has 0 amide bonds. The predicted octanol–water partition coefficient (Wildman–Crippen LogP) is 2.82. The van der Waals surface area contributed by atoms with E-state index >= 15 is 14.4 Å². The number of imidazole rings is 1. The molecule has 1 aliphatic rings. The van der Waals surface area contributed by atoms with Crippen molar-refractivity contribution in [3.63, 3.8) is 0 Å². The summed E-state index contributed by atoms with van der Waals surface area (Å²) in [5.74, 6) is -5.41. The molecule has 0 unspecified atom stereocenters. The van der Waals surface area contributed by atoms with Crippen molar-refractivity contribution in [3.05, 3.63) is 156 Å². The van der Waals surface area contributed by atoms with Crippen molar-refractivity contribution >= 4 is 40.1 Å². The lowest BCUT2D eigenvalue weighted by molar-refractivity contribution is -0.156. The van der Waals surface area contributed by atoms with Crippen LogP contribution in [0.2, 0.25) is 0 Å². The molecule has 1 saturated heterocycles. The van der Waals surface area contributed by atoms with E-state index in [1.54, 1.807) is 24.3 Å². The maximum atomic E-state index is 15.4. The number of aliphatic hydroxyl groups is 3. The summed E-state index contributed by atoms with van der Waals surface area (Å²) < 4.78 is 7.40. The number of hydrogen-bond acceptors (Lipinski definition) is 12. The number of nitrogens with two attached hydrogens (primary N) is 1. The minimum Gasteiger partial charge on any atom is -0.393 e. The number of aliphatic hydroxyl groups excluding tert-OH is 1. The highest BCUT2D eigenvalue weighted by atomic mass is 16.6. The van der Waals surface area contributed by atoms with Gasteiger partial charge in [-0.15, -0.1) is 0 Å². The van der Waals surface area contributed by atoms with Crippen LogP contribution in [0.3, 0.4) is 0 Å². The number of benzene rings is 4. The highest BCUT2D eigenvalue weighted by Crippen LogP contribution is 2.60. The van der Waals surface area contributed by atoms with Gasteiger partial charge in [-0.05, 0) is 0 Å². The molecule has 51 heavy (non-hydrogen) atoms. The molecule has 7 rings (SSSR count). The SMILES string of the molecule is Nc1ncnc2c1ncn2[C@]1(C(=O)c2ccccc2)O[C@@](CO)(C(=O)c2ccccc2)[C@](O)(C(=O)c2ccccc2)[C@]1(O)C(=O)c1ccccc1. The molecule has 0 aliphatic carbocycles. The molecule has 0 radical (unpaired) electrons. The van der Waals surface area contributed by atoms with Crippen molar-refractivity contribution in [3.8, 4) is 0 Å². The van der Waals surface area contributed by atoms with Crippen LogP contribution >= 0.6 is 0 Å². The Bertz CT molecular complexity index is 2300. The Labute approximate surface area is 289 Å². The summed E-state index contributed by atoms with van der Waals surface area (Å²) in [6.45, 7) is -1.51. The zero-order valence-corrected chi connectivity index (χ0v) is 26.7. The molecule has 1 fully saturated rings. The zero-order chi connectivity index (χ0) is 36.0. The zero-order valence-electron chi connectivity index (χ0n) is 26.7. The number of ether oxygens (including phenoxy) is 1. The fraction of sp³-hybridized carbons (Fsp3) is 0.132. The minimum atomic E-state index is -3.78. The number of ketones is 4. The van der Waals surface area contributed by atoms with Gasteiger partial charge in [0.15, 0.2) is 17.1 Å². The Morgan fingerprint density at radius 2 is 1.04 bits per heavy atom. The van der Waals surface area contributed by atoms with Gasteiger partial charge in [-0.25, -0.2) is 15.0 Å². The van der Waals surface area contributed by atoms with Gasteiger partial charge in [-0.3, -0.25) is 23.7 Å². The van der Waals surface area contributed by atoms with Gasteiger partial charge < -0.3 is 25.8 Å². The van der Waals surface area contributed by atoms with Crippen LogP contribution in [0.15, 0.2) is 134 Å². The molecule has 4 atom stereocenters. The number of aromatic nitrogens is 4. The Morgan fingerprint density at radius 3 is 1.51 bits per heavy atom. The normalized spacial score (nSPS) is 24.3. The van der Waals surface area contributed by atoms with Crippen molar-refractivity contribution in [1.29, 1.82) is 0 Å². The fourth-order valence-corrected chi connectivity index (χ4v) is 6.86. The Hall–Kier alpha value is -6.25. The Morgan fingerprint density at radius 1 is 0.608 bits per heavy atom. The third-order valence-electron chi connectivity index (χ3n) is 9.32. The number of anilines is 1. The molecule has 13 nitrogen and oxygen atoms in total. The van der Waals surface area contributed by atoms with Gasteiger partial charge in [0.05, 0.1) is 6.61 Å². The number of hydrogen-bond donors (Lipinski definition) is 4. The monoisotopic (exact) mass is 683 g/mol. The molecule has 4 aromatic carbocycles. The van der Waals surface area contributed by atoms with E-state index in [0.717, 1.165) is 17.2 Å². The molecule has 6 aromatic rings. The van der Waals surface area contributed by atoms with Gasteiger partial charge in [0.1, 0.15) is 18.2 Å². The standard InChI is InChI=1S/C38H29N5O8/c39-33-28-34(41-22-40-33)43(23-42-28)38(32(48)27-19-11-4-12-20-27)37(50,31(47)26-17-9-3-10-18-26)36(49,30(46)25-15-7-2-8-16-25)35(21-44,51-38)29(45)24-13-5-1-6-14-24/h1-20,22-23,44,49-50H,21H2,(H2,39,40,41)/t35-,36+,37+,38+/m0/s1. The molecule has 0 bridgehead atoms. The van der Waals surface area contributed by atoms with E-state index in [2.05, 4.69) is 15.0 Å². The fourth-order valence-electron chi connectivity index (χ4n) is 6.86. The van der Waals surface area contributed by atoms with E-state index in [-0.39, 0.29) is 39.2 Å². The first-order chi connectivity index (χ1) is 24.6. The lowest BCUT2D eigenvalue weighted by Gasteiger charge is -2.44. The molecule has 0 saturated carbocycles. The summed E-state index contributed by atoms with van der Waals surface area (Å²) in [4.78, 5) is 73.1. The maximum absolute atomic E-state index is 15.4. The van der Waals surface area contributed by atoms with Crippen molar-refractivity contribution in [2.24, 2.45) is 0 Å². The van der Waals surface area contributed by atoms with E-state index in [1.807, 2.05) is 0 Å². The van der Waals surface area contributed by atoms with Crippen LogP contribution in [-0.4, -0.2) is 81.4 Å². The van der Waals surface area contributed by atoms with Crippen LogP contribution in [0.25, 0.3) is 11.2 Å². The van der Waals surface area contributed by atoms with E-state index in [1.165, 1.54) is 97.1 Å². The average molecular weight is 684 g/mol. The lowest BCUT2D eigenvalue weighted by Crippen LogP contribution is -2.76. The van der Waals surface area contributed by atoms with Gasteiger partial charge in [-0.1, -0.05) is 121 Å². The molecule has 5 N–H and O–H groups in total. The smallest absolute Gasteiger partial charge is 0.253 e. The van der Waals surface area contributed by atoms with Crippen molar-refractivity contribution < 1.29 is 39.2 Å². The van der Waals surface area contributed by atoms with E-state index in [4.69, 9.17) is 10.5 Å². The summed E-state index contributed by atoms with van der Waals surface area (Å²) in [5.41, 5.74) is -9.29. The molecule has 13 heteroatoms. The van der Waals surface area contributed by atoms with Gasteiger partial charge in [-0.2, -0.15) is 0 Å². The van der Waals surface area contributed by atoms with E-state index < -0.39 is 52.3 Å². The van der Waals surface area contributed by atoms with E-state index in [0.29, 0.717) is 0 Å². The van der Waals surface area contributed by atoms with Crippen LogP contribution in [0.4, 0.5) is 5.82 Å². The van der Waals surface area contributed by atoms with Crippen LogP contribution in [-0.2, 0) is 10.5 Å². The largest absolute Gasteiger partial charge is 0.393 e. The van der Waals surface area contributed by atoms with Gasteiger partial charge in [0.25, 0.3) is 5.72 Å². The summed E-state index contributed by atoms with van der Waals surface area (Å²) in [6.07, 6.45) is 1.99. The molecular formula is C38H29N5O8. The van der Waals surface area contributed by atoms with E-state index in [9.17, 15) is 20.1 Å². The molecule has 0 spiro atoms. The number of fused-ring (bicyclic) bond motifs is 1. The number of carbonyl (C=O) groups is 4. The summed E-state index contributed by atoms with van der Waals surface area (Å²) in [7, 11) is 0. The first kappa shape index (κ1) is 33.3. The molecule has 254 valence electrons. The second-order valence-corrected chi connectivity index (χ2v) is 12.0. The molecular weight excluding hydrogens is 654 g/mol. The topological polar surface area (TPSA) is 208 Å². The highest BCUT2D eigenvalue weighted by molar-refractivity contribution is 6.22. The molecule has 1 aliphatic heterocycles. The van der Waals surface area contributed by atoms with Gasteiger partial charge >= 0.3 is 0 Å². The minimum absolute atomic E-state index is 0.107. The number of nitrogen functional groups attached to an aromatic ring is 1. The van der Waals surface area contributed by atoms with Gasteiger partial charge in [0.2, 0.25) is 34.3 Å². The van der Waals surface area contributed by atoms with Crippen LogP contribution in [0.1, 0.15) is 41.4 Å². The second-order valence-electron chi connectivity index (χ2n) is 12.0. The Kier molecular flexibility index (Phi) is 8.00. The highest BCUT2D eigenvalue weighted by Gasteiger charge is 2.89. The number of carbonyl (C=O) groups excluding carboxylic acids is 4. The van der Waals surface area contributed by atoms with Crippen LogP contribution in [0, 0.1) is 0 Å². The molecule has 3 heterocycles. The number of rotatable bonds is 10. The quantitative estimate of drug-likeness (QED) is 0.154. The van der Waals surface area contributed by atoms with Gasteiger partial charge in [0, 0.05) is 22.3 Å². The Balaban J connectivity index is 1.70. The van der Waals surface area contributed by atoms with Crippen molar-refractivity contribution in [1.82, 2.24) is 19.5 Å². The van der Waals surface area contributed by atoms with Crippen molar-refractivity contribution in [2.75, 3.05) is 12.3 Å². The third kappa shape index (κ3) is 4.46. The number of Topliss-reactive ketones (excluding diaryl/α,β-unsaturated/α-hetero) is 4. The van der Waals surface area contributed by atoms with Crippen LogP contribution < -0.4 is 5.73 Å². The first-order valence-corrected chi connectivity index (χ1v) is 15.7. The maximum Gasteiger partial charge on any atom is 0.253 e. The summed E-state index contributed by atoms with van der Waals surface area (Å²) >= 11 is 0. The molecule has 2 aromatic heterocycles. The number of nitrogens with zero attached hydrogens (tertiary/aromatic N) is 4. The average Bonchev–Trinajstić information content (AvgIpc) is 3.71. The summed E-state index contributed by atoms with van der Waals surface area (Å²) in [6, 6.07) is 28.6. The van der Waals surface area contributed by atoms with Crippen molar-refractivity contribution in [2.45, 2.75) is 22.5 Å². The first-order valence-electron chi connectivity index (χ1n) is 15.7. The predicted molar refractivity (Wildman–Crippen MR) is 182 cm³/mol. The lowest BCUT2D eigenvalue weighted by atomic mass is 9.61. The second kappa shape index (κ2) is 12.3.